The minimum atomic E-state index is -1.14. The smallest absolute Gasteiger partial charge is 0.356 e. The highest BCUT2D eigenvalue weighted by atomic mass is 35.5. The van der Waals surface area contributed by atoms with Crippen LogP contribution in [0.3, 0.4) is 0 Å². The van der Waals surface area contributed by atoms with Crippen LogP contribution in [-0.4, -0.2) is 25.4 Å². The van der Waals surface area contributed by atoms with E-state index in [1.54, 1.807) is 6.07 Å². The molecule has 0 spiro atoms. The first-order valence-electron chi connectivity index (χ1n) is 5.00. The Labute approximate surface area is 116 Å². The number of rotatable bonds is 4. The fraction of sp³-hybridized carbons (Fsp3) is 0.200. The van der Waals surface area contributed by atoms with Gasteiger partial charge in [0.2, 0.25) is 0 Å². The zero-order chi connectivity index (χ0) is 13.1. The summed E-state index contributed by atoms with van der Waals surface area (Å²) < 4.78 is 4.88. The molecule has 1 N–H and O–H groups in total. The topological polar surface area (TPSA) is 76.0 Å². The molecular formula is C10H8ClN3O2S2. The molecule has 0 aliphatic rings. The Bertz CT molecular complexity index is 588. The van der Waals surface area contributed by atoms with Gasteiger partial charge in [-0.1, -0.05) is 18.5 Å². The van der Waals surface area contributed by atoms with Crippen LogP contribution < -0.4 is 0 Å². The first kappa shape index (κ1) is 13.3. The minimum absolute atomic E-state index is 0.123. The molecule has 0 aromatic carbocycles. The Morgan fingerprint density at radius 3 is 2.89 bits per heavy atom. The molecule has 2 rings (SSSR count). The van der Waals surface area contributed by atoms with E-state index < -0.39 is 5.97 Å². The van der Waals surface area contributed by atoms with Crippen molar-refractivity contribution < 1.29 is 9.90 Å². The van der Waals surface area contributed by atoms with Gasteiger partial charge in [-0.25, -0.2) is 14.8 Å². The number of aromatic nitrogens is 3. The van der Waals surface area contributed by atoms with E-state index in [0.29, 0.717) is 5.03 Å². The molecule has 94 valence electrons. The van der Waals surface area contributed by atoms with Crippen molar-refractivity contribution >= 4 is 40.9 Å². The molecule has 0 saturated carbocycles. The van der Waals surface area contributed by atoms with E-state index in [-0.39, 0.29) is 10.7 Å². The van der Waals surface area contributed by atoms with Gasteiger partial charge in [-0.15, -0.1) is 0 Å². The molecule has 5 nitrogen and oxygen atoms in total. The molecule has 2 aromatic rings. The molecule has 0 unspecified atom stereocenters. The van der Waals surface area contributed by atoms with E-state index in [2.05, 4.69) is 14.3 Å². The number of aryl methyl sites for hydroxylation is 1. The number of hydrogen-bond acceptors (Lipinski definition) is 6. The van der Waals surface area contributed by atoms with Gasteiger partial charge in [0.05, 0.1) is 5.02 Å². The van der Waals surface area contributed by atoms with Crippen molar-refractivity contribution in [2.75, 3.05) is 0 Å². The Kier molecular flexibility index (Phi) is 4.15. The fourth-order valence-electron chi connectivity index (χ4n) is 1.14. The van der Waals surface area contributed by atoms with E-state index in [4.69, 9.17) is 16.7 Å². The van der Waals surface area contributed by atoms with Gasteiger partial charge in [0.25, 0.3) is 0 Å². The van der Waals surface area contributed by atoms with Gasteiger partial charge in [-0.2, -0.15) is 4.37 Å². The van der Waals surface area contributed by atoms with Gasteiger partial charge in [0.15, 0.2) is 10.0 Å². The maximum atomic E-state index is 10.9. The maximum absolute atomic E-state index is 10.9. The van der Waals surface area contributed by atoms with Crippen LogP contribution in [0, 0.1) is 0 Å². The predicted octanol–water partition coefficient (Wildman–Crippen LogP) is 3.00. The summed E-state index contributed by atoms with van der Waals surface area (Å²) >= 11 is 8.29. The third-order valence-corrected chi connectivity index (χ3v) is 4.01. The predicted molar refractivity (Wildman–Crippen MR) is 69.6 cm³/mol. The van der Waals surface area contributed by atoms with E-state index in [1.807, 2.05) is 6.92 Å². The van der Waals surface area contributed by atoms with Crippen molar-refractivity contribution in [3.63, 3.8) is 0 Å². The molecule has 2 heterocycles. The Balaban J connectivity index is 2.24. The fourth-order valence-corrected chi connectivity index (χ4v) is 2.95. The SMILES string of the molecule is CCc1nsc(Sc2ccc(Cl)c(C(=O)O)n2)n1. The lowest BCUT2D eigenvalue weighted by Crippen LogP contribution is -2.01. The lowest BCUT2D eigenvalue weighted by molar-refractivity contribution is 0.0690. The molecule has 0 fully saturated rings. The van der Waals surface area contributed by atoms with E-state index in [9.17, 15) is 4.79 Å². The third-order valence-electron chi connectivity index (χ3n) is 1.98. The number of carboxylic acid groups (broad SMARTS) is 1. The lowest BCUT2D eigenvalue weighted by Gasteiger charge is -2.00. The highest BCUT2D eigenvalue weighted by Crippen LogP contribution is 2.29. The number of carboxylic acids is 1. The summed E-state index contributed by atoms with van der Waals surface area (Å²) in [7, 11) is 0. The molecule has 18 heavy (non-hydrogen) atoms. The van der Waals surface area contributed by atoms with Gasteiger partial charge >= 0.3 is 5.97 Å². The Morgan fingerprint density at radius 1 is 1.50 bits per heavy atom. The summed E-state index contributed by atoms with van der Waals surface area (Å²) in [6.45, 7) is 1.97. The average Bonchev–Trinajstić information content (AvgIpc) is 2.79. The largest absolute Gasteiger partial charge is 0.476 e. The number of pyridine rings is 1. The normalized spacial score (nSPS) is 10.6. The van der Waals surface area contributed by atoms with Gasteiger partial charge in [0, 0.05) is 6.42 Å². The third kappa shape index (κ3) is 2.98. The number of halogens is 1. The molecule has 0 aliphatic heterocycles. The van der Waals surface area contributed by atoms with E-state index >= 15 is 0 Å². The minimum Gasteiger partial charge on any atom is -0.476 e. The zero-order valence-electron chi connectivity index (χ0n) is 9.25. The van der Waals surface area contributed by atoms with E-state index in [1.165, 1.54) is 29.4 Å². The maximum Gasteiger partial charge on any atom is 0.356 e. The Morgan fingerprint density at radius 2 is 2.28 bits per heavy atom. The Hall–Kier alpha value is -1.18. The highest BCUT2D eigenvalue weighted by Gasteiger charge is 2.13. The van der Waals surface area contributed by atoms with Crippen LogP contribution in [-0.2, 0) is 6.42 Å². The van der Waals surface area contributed by atoms with Crippen molar-refractivity contribution in [3.8, 4) is 0 Å². The molecule has 0 aliphatic carbocycles. The van der Waals surface area contributed by atoms with Crippen molar-refractivity contribution in [1.82, 2.24) is 14.3 Å². The van der Waals surface area contributed by atoms with Gasteiger partial charge in [-0.3, -0.25) is 0 Å². The number of carbonyl (C=O) groups is 1. The van der Waals surface area contributed by atoms with Crippen LogP contribution in [0.5, 0.6) is 0 Å². The van der Waals surface area contributed by atoms with Crippen molar-refractivity contribution in [2.45, 2.75) is 22.7 Å². The second kappa shape index (κ2) is 5.64. The van der Waals surface area contributed by atoms with Crippen LogP contribution in [0.1, 0.15) is 23.2 Å². The second-order valence-electron chi connectivity index (χ2n) is 3.22. The number of nitrogens with zero attached hydrogens (tertiary/aromatic N) is 3. The number of hydrogen-bond donors (Lipinski definition) is 1. The van der Waals surface area contributed by atoms with Crippen molar-refractivity contribution in [1.29, 1.82) is 0 Å². The van der Waals surface area contributed by atoms with Crippen LogP contribution in [0.4, 0.5) is 0 Å². The average molecular weight is 302 g/mol. The first-order chi connectivity index (χ1) is 8.60. The van der Waals surface area contributed by atoms with Crippen LogP contribution in [0.25, 0.3) is 0 Å². The summed E-state index contributed by atoms with van der Waals surface area (Å²) in [6, 6.07) is 3.18. The quantitative estimate of drug-likeness (QED) is 0.935. The van der Waals surface area contributed by atoms with Crippen LogP contribution in [0.2, 0.25) is 5.02 Å². The summed E-state index contributed by atoms with van der Waals surface area (Å²) in [6.07, 6.45) is 0.769. The van der Waals surface area contributed by atoms with Gasteiger partial charge < -0.3 is 5.11 Å². The molecule has 0 saturated heterocycles. The molecule has 2 aromatic heterocycles. The summed E-state index contributed by atoms with van der Waals surface area (Å²) in [4.78, 5) is 19.1. The molecular weight excluding hydrogens is 294 g/mol. The molecule has 0 bridgehead atoms. The van der Waals surface area contributed by atoms with Gasteiger partial charge in [0.1, 0.15) is 10.9 Å². The van der Waals surface area contributed by atoms with Crippen molar-refractivity contribution in [2.24, 2.45) is 0 Å². The monoisotopic (exact) mass is 301 g/mol. The first-order valence-corrected chi connectivity index (χ1v) is 6.97. The van der Waals surface area contributed by atoms with Crippen LogP contribution in [0.15, 0.2) is 21.5 Å². The van der Waals surface area contributed by atoms with Crippen molar-refractivity contribution in [3.05, 3.63) is 28.7 Å². The summed E-state index contributed by atoms with van der Waals surface area (Å²) in [5, 5.41) is 9.58. The molecule has 8 heteroatoms. The second-order valence-corrected chi connectivity index (χ2v) is 5.64. The standard InChI is InChI=1S/C10H8ClN3O2S2/c1-2-6-12-10(18-14-6)17-7-4-3-5(11)8(13-7)9(15)16/h3-4H,2H2,1H3,(H,15,16). The number of aromatic carboxylic acids is 1. The van der Waals surface area contributed by atoms with E-state index in [0.717, 1.165) is 16.6 Å². The summed E-state index contributed by atoms with van der Waals surface area (Å²) in [5.41, 5.74) is -0.151. The van der Waals surface area contributed by atoms with Gasteiger partial charge in [-0.05, 0) is 35.4 Å². The molecule has 0 atom stereocenters. The highest BCUT2D eigenvalue weighted by molar-refractivity contribution is 8.00. The molecule has 0 amide bonds. The molecule has 0 radical (unpaired) electrons. The zero-order valence-corrected chi connectivity index (χ0v) is 11.6. The summed E-state index contributed by atoms with van der Waals surface area (Å²) in [5.74, 6) is -0.371. The lowest BCUT2D eigenvalue weighted by atomic mass is 10.3. The van der Waals surface area contributed by atoms with Crippen LogP contribution >= 0.6 is 34.9 Å².